The zero-order chi connectivity index (χ0) is 15.0. The Morgan fingerprint density at radius 3 is 2.55 bits per heavy atom. The zero-order valence-corrected chi connectivity index (χ0v) is 12.7. The Morgan fingerprint density at radius 2 is 1.95 bits per heavy atom. The molecule has 0 saturated heterocycles. The Labute approximate surface area is 124 Å². The fourth-order valence-corrected chi connectivity index (χ4v) is 1.73. The van der Waals surface area contributed by atoms with E-state index in [2.05, 4.69) is 23.3 Å². The van der Waals surface area contributed by atoms with Gasteiger partial charge in [0.1, 0.15) is 0 Å². The van der Waals surface area contributed by atoms with Crippen LogP contribution in [-0.4, -0.2) is 45.7 Å². The Hall–Kier alpha value is -1.60. The van der Waals surface area contributed by atoms with Gasteiger partial charge in [0.2, 0.25) is 11.2 Å². The SMILES string of the molecule is CNCCNC(=O)C(S)Oc1cccc(OC)c1OC. The van der Waals surface area contributed by atoms with E-state index in [0.717, 1.165) is 0 Å². The van der Waals surface area contributed by atoms with Crippen LogP contribution in [0, 0.1) is 0 Å². The fraction of sp³-hybridized carbons (Fsp3) is 0.462. The first kappa shape index (κ1) is 16.5. The van der Waals surface area contributed by atoms with Gasteiger partial charge in [0.15, 0.2) is 11.5 Å². The molecule has 0 aromatic heterocycles. The van der Waals surface area contributed by atoms with Crippen molar-refractivity contribution in [1.29, 1.82) is 0 Å². The van der Waals surface area contributed by atoms with E-state index in [0.29, 0.717) is 30.3 Å². The predicted octanol–water partition coefficient (Wildman–Crippen LogP) is 0.674. The average Bonchev–Trinajstić information content (AvgIpc) is 2.46. The summed E-state index contributed by atoms with van der Waals surface area (Å²) < 4.78 is 15.9. The lowest BCUT2D eigenvalue weighted by Crippen LogP contribution is -2.38. The van der Waals surface area contributed by atoms with Crippen LogP contribution in [0.5, 0.6) is 17.2 Å². The zero-order valence-electron chi connectivity index (χ0n) is 11.8. The highest BCUT2D eigenvalue weighted by molar-refractivity contribution is 7.81. The first-order valence-corrected chi connectivity index (χ1v) is 6.63. The van der Waals surface area contributed by atoms with E-state index in [1.165, 1.54) is 14.2 Å². The number of methoxy groups -OCH3 is 2. The highest BCUT2D eigenvalue weighted by atomic mass is 32.1. The summed E-state index contributed by atoms with van der Waals surface area (Å²) in [6.45, 7) is 1.18. The second kappa shape index (κ2) is 8.55. The third kappa shape index (κ3) is 4.50. The minimum absolute atomic E-state index is 0.312. The normalized spacial score (nSPS) is 11.6. The predicted molar refractivity (Wildman–Crippen MR) is 79.9 cm³/mol. The van der Waals surface area contributed by atoms with Crippen LogP contribution in [0.3, 0.4) is 0 Å². The van der Waals surface area contributed by atoms with Gasteiger partial charge in [-0.2, -0.15) is 0 Å². The van der Waals surface area contributed by atoms with Crippen molar-refractivity contribution in [1.82, 2.24) is 10.6 Å². The summed E-state index contributed by atoms with van der Waals surface area (Å²) in [5.74, 6) is 1.04. The van der Waals surface area contributed by atoms with Crippen molar-refractivity contribution in [3.05, 3.63) is 18.2 Å². The molecule has 0 aliphatic carbocycles. The first-order valence-electron chi connectivity index (χ1n) is 6.12. The molecule has 6 nitrogen and oxygen atoms in total. The van der Waals surface area contributed by atoms with Crippen LogP contribution in [0.2, 0.25) is 0 Å². The fourth-order valence-electron chi connectivity index (χ4n) is 1.52. The highest BCUT2D eigenvalue weighted by Gasteiger charge is 2.19. The second-order valence-electron chi connectivity index (χ2n) is 3.86. The molecule has 1 unspecified atom stereocenters. The molecule has 0 heterocycles. The molecular formula is C13H20N2O4S. The molecule has 0 saturated carbocycles. The van der Waals surface area contributed by atoms with Gasteiger partial charge in [-0.25, -0.2) is 0 Å². The molecule has 1 aromatic rings. The molecule has 20 heavy (non-hydrogen) atoms. The Kier molecular flexibility index (Phi) is 7.03. The van der Waals surface area contributed by atoms with Gasteiger partial charge in [-0.3, -0.25) is 4.79 Å². The molecule has 0 spiro atoms. The smallest absolute Gasteiger partial charge is 0.271 e. The number of hydrogen-bond donors (Lipinski definition) is 3. The molecular weight excluding hydrogens is 280 g/mol. The van der Waals surface area contributed by atoms with Crippen LogP contribution in [0.1, 0.15) is 0 Å². The van der Waals surface area contributed by atoms with Gasteiger partial charge in [-0.15, -0.1) is 12.6 Å². The van der Waals surface area contributed by atoms with Gasteiger partial charge >= 0.3 is 0 Å². The maximum atomic E-state index is 11.8. The summed E-state index contributed by atoms with van der Waals surface area (Å²) in [7, 11) is 4.84. The van der Waals surface area contributed by atoms with E-state index in [9.17, 15) is 4.79 Å². The lowest BCUT2D eigenvalue weighted by Gasteiger charge is -2.17. The summed E-state index contributed by atoms with van der Waals surface area (Å²) in [4.78, 5) is 11.8. The van der Waals surface area contributed by atoms with E-state index >= 15 is 0 Å². The number of benzene rings is 1. The van der Waals surface area contributed by atoms with E-state index in [4.69, 9.17) is 14.2 Å². The highest BCUT2D eigenvalue weighted by Crippen LogP contribution is 2.37. The number of nitrogens with one attached hydrogen (secondary N) is 2. The van der Waals surface area contributed by atoms with Gasteiger partial charge in [0, 0.05) is 13.1 Å². The van der Waals surface area contributed by atoms with E-state index in [1.807, 2.05) is 7.05 Å². The minimum atomic E-state index is -0.923. The number of para-hydroxylation sites is 1. The molecule has 0 fully saturated rings. The lowest BCUT2D eigenvalue weighted by molar-refractivity contribution is -0.124. The van der Waals surface area contributed by atoms with Crippen LogP contribution in [-0.2, 0) is 4.79 Å². The van der Waals surface area contributed by atoms with E-state index in [1.54, 1.807) is 18.2 Å². The van der Waals surface area contributed by atoms with E-state index < -0.39 is 5.44 Å². The number of amides is 1. The summed E-state index contributed by atoms with van der Waals surface area (Å²) in [6, 6.07) is 5.17. The van der Waals surface area contributed by atoms with Crippen molar-refractivity contribution >= 4 is 18.5 Å². The van der Waals surface area contributed by atoms with Crippen molar-refractivity contribution in [2.45, 2.75) is 5.44 Å². The summed E-state index contributed by atoms with van der Waals surface area (Å²) in [6.07, 6.45) is 0. The largest absolute Gasteiger partial charge is 0.493 e. The maximum absolute atomic E-state index is 11.8. The molecule has 7 heteroatoms. The third-order valence-electron chi connectivity index (χ3n) is 2.50. The second-order valence-corrected chi connectivity index (χ2v) is 4.33. The number of ether oxygens (including phenoxy) is 3. The van der Waals surface area contributed by atoms with Crippen molar-refractivity contribution in [2.75, 3.05) is 34.4 Å². The first-order chi connectivity index (χ1) is 9.63. The third-order valence-corrected chi connectivity index (χ3v) is 2.84. The number of likely N-dealkylation sites (N-methyl/N-ethyl adjacent to an activating group) is 1. The summed E-state index contributed by atoms with van der Waals surface area (Å²) >= 11 is 4.14. The Bertz CT molecular complexity index is 442. The van der Waals surface area contributed by atoms with Crippen molar-refractivity contribution in [2.24, 2.45) is 0 Å². The van der Waals surface area contributed by atoms with Gasteiger partial charge < -0.3 is 24.8 Å². The van der Waals surface area contributed by atoms with Gasteiger partial charge in [-0.1, -0.05) is 6.07 Å². The van der Waals surface area contributed by atoms with Crippen molar-refractivity contribution < 1.29 is 19.0 Å². The molecule has 2 N–H and O–H groups in total. The van der Waals surface area contributed by atoms with Gasteiger partial charge in [-0.05, 0) is 19.2 Å². The summed E-state index contributed by atoms with van der Waals surface area (Å²) in [5, 5.41) is 5.62. The number of carbonyl (C=O) groups is 1. The minimum Gasteiger partial charge on any atom is -0.493 e. The molecule has 1 atom stereocenters. The Balaban J connectivity index is 2.70. The molecule has 112 valence electrons. The lowest BCUT2D eigenvalue weighted by atomic mass is 10.3. The molecule has 0 aliphatic heterocycles. The molecule has 0 radical (unpaired) electrons. The maximum Gasteiger partial charge on any atom is 0.271 e. The van der Waals surface area contributed by atoms with Crippen LogP contribution in [0.4, 0.5) is 0 Å². The number of thiol groups is 1. The van der Waals surface area contributed by atoms with Crippen molar-refractivity contribution in [3.8, 4) is 17.2 Å². The molecule has 1 aromatic carbocycles. The molecule has 1 rings (SSSR count). The monoisotopic (exact) mass is 300 g/mol. The van der Waals surface area contributed by atoms with Gasteiger partial charge in [0.05, 0.1) is 14.2 Å². The quantitative estimate of drug-likeness (QED) is 0.374. The van der Waals surface area contributed by atoms with E-state index in [-0.39, 0.29) is 5.91 Å². The van der Waals surface area contributed by atoms with Crippen LogP contribution in [0.25, 0.3) is 0 Å². The molecule has 0 aliphatic rings. The Morgan fingerprint density at radius 1 is 1.25 bits per heavy atom. The number of carbonyl (C=O) groups excluding carboxylic acids is 1. The van der Waals surface area contributed by atoms with Crippen LogP contribution < -0.4 is 24.8 Å². The van der Waals surface area contributed by atoms with Crippen LogP contribution in [0.15, 0.2) is 18.2 Å². The average molecular weight is 300 g/mol. The van der Waals surface area contributed by atoms with Gasteiger partial charge in [0.25, 0.3) is 5.91 Å². The number of hydrogen-bond acceptors (Lipinski definition) is 6. The van der Waals surface area contributed by atoms with Crippen LogP contribution >= 0.6 is 12.6 Å². The summed E-state index contributed by atoms with van der Waals surface area (Å²) in [5.41, 5.74) is -0.923. The van der Waals surface area contributed by atoms with Crippen molar-refractivity contribution in [3.63, 3.8) is 0 Å². The molecule has 1 amide bonds. The number of rotatable bonds is 8. The molecule has 0 bridgehead atoms. The topological polar surface area (TPSA) is 68.8 Å². The standard InChI is InChI=1S/C13H20N2O4S/c1-14-7-8-15-12(16)13(20)19-10-6-4-5-9(17-2)11(10)18-3/h4-6,13-14,20H,7-8H2,1-3H3,(H,15,16).